The van der Waals surface area contributed by atoms with Gasteiger partial charge in [-0.3, -0.25) is 14.9 Å². The second-order valence-electron chi connectivity index (χ2n) is 4.27. The number of hydrogen-bond donors (Lipinski definition) is 1. The number of methoxy groups -OCH3 is 1. The van der Waals surface area contributed by atoms with Crippen LogP contribution in [0.15, 0.2) is 18.2 Å². The van der Waals surface area contributed by atoms with E-state index in [0.29, 0.717) is 5.75 Å². The van der Waals surface area contributed by atoms with Gasteiger partial charge in [0.2, 0.25) is 0 Å². The highest BCUT2D eigenvalue weighted by Gasteiger charge is 2.35. The highest BCUT2D eigenvalue weighted by molar-refractivity contribution is 7.99. The predicted molar refractivity (Wildman–Crippen MR) is 74.6 cm³/mol. The zero-order chi connectivity index (χ0) is 15.6. The first-order valence-electron chi connectivity index (χ1n) is 5.89. The van der Waals surface area contributed by atoms with Crippen LogP contribution >= 0.6 is 11.8 Å². The van der Waals surface area contributed by atoms with Gasteiger partial charge < -0.3 is 14.7 Å². The number of carboxylic acid groups (broad SMARTS) is 1. The second kappa shape index (κ2) is 6.00. The summed E-state index contributed by atoms with van der Waals surface area (Å²) in [4.78, 5) is 34.9. The molecule has 1 aromatic carbocycles. The zero-order valence-corrected chi connectivity index (χ0v) is 11.8. The normalized spacial score (nSPS) is 17.6. The summed E-state index contributed by atoms with van der Waals surface area (Å²) in [6.07, 6.45) is 0. The molecule has 1 saturated heterocycles. The molecule has 0 aliphatic carbocycles. The number of carboxylic acids is 1. The van der Waals surface area contributed by atoms with Crippen molar-refractivity contribution >= 4 is 29.3 Å². The third kappa shape index (κ3) is 2.92. The number of benzene rings is 1. The van der Waals surface area contributed by atoms with Crippen molar-refractivity contribution in [3.63, 3.8) is 0 Å². The quantitative estimate of drug-likeness (QED) is 0.657. The Bertz CT molecular complexity index is 605. The Balaban J connectivity index is 2.31. The van der Waals surface area contributed by atoms with Gasteiger partial charge >= 0.3 is 11.7 Å². The molecule has 1 aromatic rings. The van der Waals surface area contributed by atoms with Crippen LogP contribution < -0.4 is 4.74 Å². The zero-order valence-electron chi connectivity index (χ0n) is 11.0. The highest BCUT2D eigenvalue weighted by Crippen LogP contribution is 2.30. The summed E-state index contributed by atoms with van der Waals surface area (Å²) >= 11 is 1.34. The lowest BCUT2D eigenvalue weighted by atomic mass is 10.1. The monoisotopic (exact) mass is 312 g/mol. The number of nitro benzene ring substituents is 1. The molecule has 9 heteroatoms. The Morgan fingerprint density at radius 1 is 1.52 bits per heavy atom. The fraction of sp³-hybridized carbons (Fsp3) is 0.333. The third-order valence-electron chi connectivity index (χ3n) is 3.05. The minimum absolute atomic E-state index is 0.0374. The lowest BCUT2D eigenvalue weighted by Crippen LogP contribution is -2.41. The van der Waals surface area contributed by atoms with Gasteiger partial charge in [-0.2, -0.15) is 0 Å². The molecular weight excluding hydrogens is 300 g/mol. The Hall–Kier alpha value is -2.29. The average Bonchev–Trinajstić information content (AvgIpc) is 2.95. The highest BCUT2D eigenvalue weighted by atomic mass is 32.2. The summed E-state index contributed by atoms with van der Waals surface area (Å²) in [6, 6.07) is 2.84. The topological polar surface area (TPSA) is 110 Å². The average molecular weight is 312 g/mol. The van der Waals surface area contributed by atoms with Gasteiger partial charge in [-0.05, 0) is 6.07 Å². The van der Waals surface area contributed by atoms with Crippen LogP contribution in [-0.2, 0) is 4.79 Å². The first kappa shape index (κ1) is 15.1. The van der Waals surface area contributed by atoms with Gasteiger partial charge in [0.15, 0.2) is 5.75 Å². The van der Waals surface area contributed by atoms with E-state index in [1.165, 1.54) is 42.0 Å². The van der Waals surface area contributed by atoms with E-state index in [2.05, 4.69) is 0 Å². The van der Waals surface area contributed by atoms with Gasteiger partial charge in [0.05, 0.1) is 17.9 Å². The van der Waals surface area contributed by atoms with Gasteiger partial charge in [0.25, 0.3) is 5.91 Å². The number of carbonyl (C=O) groups excluding carboxylic acids is 1. The van der Waals surface area contributed by atoms with E-state index in [0.717, 1.165) is 0 Å². The van der Waals surface area contributed by atoms with Crippen LogP contribution in [0.4, 0.5) is 5.69 Å². The summed E-state index contributed by atoms with van der Waals surface area (Å²) < 4.78 is 4.90. The fourth-order valence-electron chi connectivity index (χ4n) is 1.97. The molecule has 0 radical (unpaired) electrons. The number of nitro groups is 1. The molecule has 1 unspecified atom stereocenters. The molecular formula is C12H12N2O6S. The Kier molecular flexibility index (Phi) is 4.32. The number of thioether (sulfide) groups is 1. The molecule has 112 valence electrons. The van der Waals surface area contributed by atoms with Gasteiger partial charge in [-0.15, -0.1) is 11.8 Å². The lowest BCUT2D eigenvalue weighted by molar-refractivity contribution is -0.385. The summed E-state index contributed by atoms with van der Waals surface area (Å²) in [5.74, 6) is -0.993. The summed E-state index contributed by atoms with van der Waals surface area (Å²) in [6.45, 7) is 0. The van der Waals surface area contributed by atoms with E-state index in [9.17, 15) is 19.7 Å². The van der Waals surface area contributed by atoms with Crippen LogP contribution in [0, 0.1) is 10.1 Å². The minimum atomic E-state index is -1.07. The number of carbonyl (C=O) groups is 2. The Morgan fingerprint density at radius 3 is 2.81 bits per heavy atom. The van der Waals surface area contributed by atoms with Crippen LogP contribution in [0.1, 0.15) is 10.4 Å². The van der Waals surface area contributed by atoms with Crippen molar-refractivity contribution in [2.75, 3.05) is 18.7 Å². The molecule has 0 bridgehead atoms. The van der Waals surface area contributed by atoms with Crippen molar-refractivity contribution in [3.05, 3.63) is 33.9 Å². The van der Waals surface area contributed by atoms with Crippen molar-refractivity contribution < 1.29 is 24.4 Å². The summed E-state index contributed by atoms with van der Waals surface area (Å²) in [5, 5.41) is 19.9. The fourth-order valence-corrected chi connectivity index (χ4v) is 3.12. The predicted octanol–water partition coefficient (Wildman–Crippen LogP) is 1.20. The summed E-state index contributed by atoms with van der Waals surface area (Å²) in [5.41, 5.74) is -0.0918. The van der Waals surface area contributed by atoms with Crippen LogP contribution in [0.3, 0.4) is 0 Å². The molecule has 1 atom stereocenters. The molecule has 1 amide bonds. The number of aliphatic carboxylic acids is 1. The van der Waals surface area contributed by atoms with Gasteiger partial charge in [0.1, 0.15) is 6.04 Å². The number of rotatable bonds is 4. The molecule has 2 rings (SSSR count). The maximum absolute atomic E-state index is 12.3. The number of amides is 1. The van der Waals surface area contributed by atoms with Crippen LogP contribution in [-0.4, -0.2) is 51.6 Å². The van der Waals surface area contributed by atoms with Crippen LogP contribution in [0.2, 0.25) is 0 Å². The maximum Gasteiger partial charge on any atom is 0.327 e. The Morgan fingerprint density at radius 2 is 2.24 bits per heavy atom. The number of ether oxygens (including phenoxy) is 1. The van der Waals surface area contributed by atoms with Gasteiger partial charge in [-0.1, -0.05) is 0 Å². The van der Waals surface area contributed by atoms with Gasteiger partial charge in [-0.25, -0.2) is 4.79 Å². The number of nitrogens with zero attached hydrogens (tertiary/aromatic N) is 2. The molecule has 1 aliphatic rings. The summed E-state index contributed by atoms with van der Waals surface area (Å²) in [7, 11) is 1.27. The van der Waals surface area contributed by atoms with Crippen molar-refractivity contribution in [2.45, 2.75) is 6.04 Å². The maximum atomic E-state index is 12.3. The van der Waals surface area contributed by atoms with Crippen molar-refractivity contribution in [1.29, 1.82) is 0 Å². The van der Waals surface area contributed by atoms with E-state index >= 15 is 0 Å². The lowest BCUT2D eigenvalue weighted by Gasteiger charge is -2.20. The molecule has 0 spiro atoms. The smallest absolute Gasteiger partial charge is 0.327 e. The Labute approximate surface area is 123 Å². The standard InChI is InChI=1S/C12H12N2O6S/c1-20-10-4-7(2-3-8(10)14(18)19)11(15)13-6-21-5-9(13)12(16)17/h2-4,9H,5-6H2,1H3,(H,16,17). The second-order valence-corrected chi connectivity index (χ2v) is 5.27. The molecule has 1 heterocycles. The molecule has 8 nitrogen and oxygen atoms in total. The first-order chi connectivity index (χ1) is 9.95. The van der Waals surface area contributed by atoms with E-state index in [4.69, 9.17) is 9.84 Å². The van der Waals surface area contributed by atoms with Crippen LogP contribution in [0.5, 0.6) is 5.75 Å². The first-order valence-corrected chi connectivity index (χ1v) is 7.05. The van der Waals surface area contributed by atoms with E-state index in [-0.39, 0.29) is 22.9 Å². The molecule has 21 heavy (non-hydrogen) atoms. The van der Waals surface area contributed by atoms with Gasteiger partial charge in [0, 0.05) is 23.4 Å². The molecule has 0 aromatic heterocycles. The third-order valence-corrected chi connectivity index (χ3v) is 4.06. The van der Waals surface area contributed by atoms with Crippen molar-refractivity contribution in [3.8, 4) is 5.75 Å². The van der Waals surface area contributed by atoms with Crippen LogP contribution in [0.25, 0.3) is 0 Å². The molecule has 1 aliphatic heterocycles. The molecule has 1 fully saturated rings. The SMILES string of the molecule is COc1cc(C(=O)N2CSCC2C(=O)O)ccc1[N+](=O)[O-]. The van der Waals surface area contributed by atoms with E-state index in [1.807, 2.05) is 0 Å². The van der Waals surface area contributed by atoms with E-state index < -0.39 is 22.8 Å². The largest absolute Gasteiger partial charge is 0.490 e. The molecule has 0 saturated carbocycles. The number of hydrogen-bond acceptors (Lipinski definition) is 6. The molecule has 1 N–H and O–H groups in total. The van der Waals surface area contributed by atoms with Crippen molar-refractivity contribution in [2.24, 2.45) is 0 Å². The van der Waals surface area contributed by atoms with E-state index in [1.54, 1.807) is 0 Å². The van der Waals surface area contributed by atoms with Crippen molar-refractivity contribution in [1.82, 2.24) is 4.90 Å². The minimum Gasteiger partial charge on any atom is -0.490 e.